The summed E-state index contributed by atoms with van der Waals surface area (Å²) in [7, 11) is 0. The van der Waals surface area contributed by atoms with E-state index in [0.29, 0.717) is 11.4 Å². The lowest BCUT2D eigenvalue weighted by Gasteiger charge is -1.94. The van der Waals surface area contributed by atoms with Crippen LogP contribution < -0.4 is 11.5 Å². The van der Waals surface area contributed by atoms with Crippen LogP contribution in [-0.2, 0) is 0 Å². The van der Waals surface area contributed by atoms with Gasteiger partial charge in [-0.1, -0.05) is 26.0 Å². The first-order valence-corrected chi connectivity index (χ1v) is 3.40. The highest BCUT2D eigenvalue weighted by Crippen LogP contribution is 2.10. The monoisotopic (exact) mass is 140 g/mol. The lowest BCUT2D eigenvalue weighted by atomic mass is 10.3. The SMILES string of the molecule is CC.Nc1ccccc1N.[HH]. The van der Waals surface area contributed by atoms with Crippen LogP contribution in [0.5, 0.6) is 0 Å². The molecule has 10 heavy (non-hydrogen) atoms. The lowest BCUT2D eigenvalue weighted by molar-refractivity contribution is 1.50. The van der Waals surface area contributed by atoms with Gasteiger partial charge in [0.2, 0.25) is 0 Å². The van der Waals surface area contributed by atoms with Crippen LogP contribution in [0.15, 0.2) is 24.3 Å². The molecule has 0 aliphatic heterocycles. The van der Waals surface area contributed by atoms with Gasteiger partial charge in [-0.2, -0.15) is 0 Å². The van der Waals surface area contributed by atoms with Crippen molar-refractivity contribution in [3.63, 3.8) is 0 Å². The van der Waals surface area contributed by atoms with E-state index in [1.165, 1.54) is 0 Å². The van der Waals surface area contributed by atoms with Gasteiger partial charge in [0.1, 0.15) is 0 Å². The molecule has 0 heterocycles. The Kier molecular flexibility index (Phi) is 4.12. The zero-order valence-corrected chi connectivity index (χ0v) is 6.46. The van der Waals surface area contributed by atoms with Crippen molar-refractivity contribution in [3.05, 3.63) is 24.3 Å². The molecular formula is C8H16N2. The molecule has 0 bridgehead atoms. The number of nitrogen functional groups attached to an aromatic ring is 2. The summed E-state index contributed by atoms with van der Waals surface area (Å²) in [6, 6.07) is 7.25. The summed E-state index contributed by atoms with van der Waals surface area (Å²) in [4.78, 5) is 0. The molecule has 0 spiro atoms. The fourth-order valence-corrected chi connectivity index (χ4v) is 0.511. The fourth-order valence-electron chi connectivity index (χ4n) is 0.511. The van der Waals surface area contributed by atoms with E-state index in [2.05, 4.69) is 0 Å². The molecule has 1 rings (SSSR count). The third-order valence-electron chi connectivity index (χ3n) is 0.996. The van der Waals surface area contributed by atoms with Crippen molar-refractivity contribution >= 4 is 11.4 Å². The maximum absolute atomic E-state index is 5.39. The molecule has 0 atom stereocenters. The van der Waals surface area contributed by atoms with E-state index < -0.39 is 0 Å². The second-order valence-electron chi connectivity index (χ2n) is 1.63. The molecule has 0 saturated carbocycles. The molecule has 4 N–H and O–H groups in total. The molecule has 1 aromatic carbocycles. The summed E-state index contributed by atoms with van der Waals surface area (Å²) in [6.07, 6.45) is 0. The highest BCUT2D eigenvalue weighted by Gasteiger charge is 1.85. The van der Waals surface area contributed by atoms with Crippen molar-refractivity contribution in [3.8, 4) is 0 Å². The first-order chi connectivity index (χ1) is 4.80. The zero-order valence-electron chi connectivity index (χ0n) is 6.46. The van der Waals surface area contributed by atoms with Gasteiger partial charge in [0, 0.05) is 1.43 Å². The van der Waals surface area contributed by atoms with Gasteiger partial charge in [0.15, 0.2) is 0 Å². The Morgan fingerprint density at radius 2 is 1.30 bits per heavy atom. The standard InChI is InChI=1S/C6H8N2.C2H6.H2/c7-5-3-1-2-4-6(5)8;1-2;/h1-4H,7-8H2;1-2H3;1H. The Morgan fingerprint density at radius 1 is 1.00 bits per heavy atom. The van der Waals surface area contributed by atoms with Crippen molar-refractivity contribution in [2.75, 3.05) is 11.5 Å². The van der Waals surface area contributed by atoms with Gasteiger partial charge < -0.3 is 11.5 Å². The number of nitrogens with two attached hydrogens (primary N) is 2. The van der Waals surface area contributed by atoms with E-state index in [1.54, 1.807) is 12.1 Å². The summed E-state index contributed by atoms with van der Waals surface area (Å²) < 4.78 is 0. The first-order valence-electron chi connectivity index (χ1n) is 3.40. The molecule has 0 aliphatic carbocycles. The summed E-state index contributed by atoms with van der Waals surface area (Å²) >= 11 is 0. The molecule has 58 valence electrons. The Bertz CT molecular complexity index is 168. The van der Waals surface area contributed by atoms with E-state index in [-0.39, 0.29) is 1.43 Å². The topological polar surface area (TPSA) is 52.0 Å². The van der Waals surface area contributed by atoms with Crippen LogP contribution in [0.4, 0.5) is 11.4 Å². The highest BCUT2D eigenvalue weighted by atomic mass is 14.7. The Balaban J connectivity index is 0. The Hall–Kier alpha value is -1.18. The summed E-state index contributed by atoms with van der Waals surface area (Å²) in [5.41, 5.74) is 12.1. The van der Waals surface area contributed by atoms with Crippen LogP contribution in [0.3, 0.4) is 0 Å². The fraction of sp³-hybridized carbons (Fsp3) is 0.250. The molecule has 2 nitrogen and oxygen atoms in total. The van der Waals surface area contributed by atoms with Crippen LogP contribution in [0.1, 0.15) is 15.3 Å². The van der Waals surface area contributed by atoms with Crippen LogP contribution >= 0.6 is 0 Å². The van der Waals surface area contributed by atoms with Crippen LogP contribution in [0, 0.1) is 0 Å². The molecule has 0 unspecified atom stereocenters. The number of benzene rings is 1. The van der Waals surface area contributed by atoms with E-state index in [4.69, 9.17) is 11.5 Å². The molecule has 0 fully saturated rings. The highest BCUT2D eigenvalue weighted by molar-refractivity contribution is 5.62. The predicted octanol–water partition coefficient (Wildman–Crippen LogP) is 2.12. The molecule has 0 radical (unpaired) electrons. The van der Waals surface area contributed by atoms with Crippen molar-refractivity contribution < 1.29 is 1.43 Å². The molecule has 2 heteroatoms. The number of anilines is 2. The summed E-state index contributed by atoms with van der Waals surface area (Å²) in [6.45, 7) is 4.00. The second kappa shape index (κ2) is 4.68. The van der Waals surface area contributed by atoms with Gasteiger partial charge >= 0.3 is 0 Å². The first kappa shape index (κ1) is 8.82. The zero-order chi connectivity index (χ0) is 7.98. The van der Waals surface area contributed by atoms with Crippen LogP contribution in [0.25, 0.3) is 0 Å². The number of rotatable bonds is 0. The van der Waals surface area contributed by atoms with E-state index in [0.717, 1.165) is 0 Å². The van der Waals surface area contributed by atoms with Crippen molar-refractivity contribution in [1.82, 2.24) is 0 Å². The number of para-hydroxylation sites is 2. The van der Waals surface area contributed by atoms with E-state index >= 15 is 0 Å². The molecule has 0 amide bonds. The molecule has 1 aromatic rings. The number of hydrogen-bond acceptors (Lipinski definition) is 2. The van der Waals surface area contributed by atoms with Gasteiger partial charge in [-0.25, -0.2) is 0 Å². The Labute approximate surface area is 63.3 Å². The van der Waals surface area contributed by atoms with Gasteiger partial charge in [-0.05, 0) is 12.1 Å². The summed E-state index contributed by atoms with van der Waals surface area (Å²) in [5.74, 6) is 0. The predicted molar refractivity (Wildman–Crippen MR) is 48.7 cm³/mol. The van der Waals surface area contributed by atoms with Crippen LogP contribution in [0.2, 0.25) is 0 Å². The minimum atomic E-state index is 0. The maximum atomic E-state index is 5.39. The minimum absolute atomic E-state index is 0. The van der Waals surface area contributed by atoms with Gasteiger partial charge in [-0.15, -0.1) is 0 Å². The van der Waals surface area contributed by atoms with E-state index in [1.807, 2.05) is 26.0 Å². The lowest BCUT2D eigenvalue weighted by Crippen LogP contribution is -1.91. The van der Waals surface area contributed by atoms with E-state index in [9.17, 15) is 0 Å². The third-order valence-corrected chi connectivity index (χ3v) is 0.996. The van der Waals surface area contributed by atoms with Crippen molar-refractivity contribution in [2.24, 2.45) is 0 Å². The van der Waals surface area contributed by atoms with Crippen molar-refractivity contribution in [1.29, 1.82) is 0 Å². The normalized spacial score (nSPS) is 7.80. The molecule has 0 aromatic heterocycles. The molecule has 0 aliphatic rings. The quantitative estimate of drug-likeness (QED) is 0.542. The van der Waals surface area contributed by atoms with Crippen molar-refractivity contribution in [2.45, 2.75) is 13.8 Å². The second-order valence-corrected chi connectivity index (χ2v) is 1.63. The Morgan fingerprint density at radius 3 is 1.50 bits per heavy atom. The molecular weight excluding hydrogens is 124 g/mol. The minimum Gasteiger partial charge on any atom is -0.397 e. The van der Waals surface area contributed by atoms with Crippen LogP contribution in [-0.4, -0.2) is 0 Å². The molecule has 0 saturated heterocycles. The average molecular weight is 140 g/mol. The van der Waals surface area contributed by atoms with Gasteiger partial charge in [0.05, 0.1) is 11.4 Å². The maximum Gasteiger partial charge on any atom is 0.0547 e. The largest absolute Gasteiger partial charge is 0.397 e. The average Bonchev–Trinajstić information content (AvgIpc) is 2.00. The third kappa shape index (κ3) is 2.40. The van der Waals surface area contributed by atoms with Gasteiger partial charge in [-0.3, -0.25) is 0 Å². The smallest absolute Gasteiger partial charge is 0.0547 e. The summed E-state index contributed by atoms with van der Waals surface area (Å²) in [5, 5.41) is 0. The number of hydrogen-bond donors (Lipinski definition) is 2. The van der Waals surface area contributed by atoms with Gasteiger partial charge in [0.25, 0.3) is 0 Å².